The lowest BCUT2D eigenvalue weighted by molar-refractivity contribution is 0.0969. The molecule has 0 aliphatic rings. The van der Waals surface area contributed by atoms with Crippen molar-refractivity contribution in [1.29, 1.82) is 0 Å². The number of nitrogens with zero attached hydrogens (tertiary/aromatic N) is 1. The first kappa shape index (κ1) is 28.2. The Labute approximate surface area is 215 Å². The van der Waals surface area contributed by atoms with Crippen LogP contribution in [0.3, 0.4) is 0 Å². The molecule has 0 atom stereocenters. The molecule has 0 spiro atoms. The van der Waals surface area contributed by atoms with Crippen LogP contribution in [0, 0.1) is 0 Å². The highest BCUT2D eigenvalue weighted by Crippen LogP contribution is 2.24. The lowest BCUT2D eigenvalue weighted by Crippen LogP contribution is -2.34. The van der Waals surface area contributed by atoms with E-state index in [0.717, 1.165) is 12.8 Å². The first-order chi connectivity index (χ1) is 16.2. The van der Waals surface area contributed by atoms with Crippen LogP contribution in [0.25, 0.3) is 0 Å². The van der Waals surface area contributed by atoms with Crippen LogP contribution in [0.1, 0.15) is 37.0 Å². The summed E-state index contributed by atoms with van der Waals surface area (Å²) < 4.78 is 38.6. The van der Waals surface area contributed by atoms with Gasteiger partial charge in [0.25, 0.3) is 5.91 Å². The van der Waals surface area contributed by atoms with Gasteiger partial charge >= 0.3 is 0 Å². The zero-order valence-electron chi connectivity index (χ0n) is 19.5. The molecule has 34 heavy (non-hydrogen) atoms. The third kappa shape index (κ3) is 8.02. The fraction of sp³-hybridized carbons (Fsp3) is 0.391. The van der Waals surface area contributed by atoms with Gasteiger partial charge in [0.05, 0.1) is 17.1 Å². The highest BCUT2D eigenvalue weighted by molar-refractivity contribution is 9.10. The second-order valence-electron chi connectivity index (χ2n) is 7.32. The number of sulfonamides is 1. The van der Waals surface area contributed by atoms with Crippen molar-refractivity contribution in [1.82, 2.24) is 9.62 Å². The maximum absolute atomic E-state index is 12.9. The van der Waals surface area contributed by atoms with Gasteiger partial charge in [-0.1, -0.05) is 29.8 Å². The zero-order valence-corrected chi connectivity index (χ0v) is 22.7. The van der Waals surface area contributed by atoms with E-state index in [4.69, 9.17) is 21.7 Å². The maximum atomic E-state index is 12.9. The van der Waals surface area contributed by atoms with Gasteiger partial charge < -0.3 is 14.8 Å². The molecule has 2 aromatic carbocycles. The SMILES string of the molecule is CCCN(CCC)S(=O)(=O)c1ccc(NC(=S)NC(=O)c2cc(Br)ccc2OCCOC)cc1. The summed E-state index contributed by atoms with van der Waals surface area (Å²) in [5.41, 5.74) is 0.857. The second-order valence-corrected chi connectivity index (χ2v) is 10.6. The first-order valence-corrected chi connectivity index (χ1v) is 13.5. The Morgan fingerprint density at radius 1 is 1.06 bits per heavy atom. The second kappa shape index (κ2) is 13.7. The van der Waals surface area contributed by atoms with Gasteiger partial charge in [0, 0.05) is 30.4 Å². The molecule has 0 unspecified atom stereocenters. The van der Waals surface area contributed by atoms with E-state index in [0.29, 0.717) is 47.8 Å². The standard InChI is InChI=1S/C23H30BrN3O5S2/c1-4-12-27(13-5-2)34(29,30)19-9-7-18(8-10-19)25-23(33)26-22(28)20-16-17(24)6-11-21(20)32-15-14-31-3/h6-11,16H,4-5,12-15H2,1-3H3,(H2,25,26,28,33). The number of thiocarbonyl (C=S) groups is 1. The summed E-state index contributed by atoms with van der Waals surface area (Å²) in [6.07, 6.45) is 1.48. The van der Waals surface area contributed by atoms with Crippen LogP contribution >= 0.6 is 28.1 Å². The third-order valence-electron chi connectivity index (χ3n) is 4.65. The van der Waals surface area contributed by atoms with Crippen molar-refractivity contribution in [2.45, 2.75) is 31.6 Å². The number of nitrogens with one attached hydrogen (secondary N) is 2. The minimum Gasteiger partial charge on any atom is -0.490 e. The molecule has 1 amide bonds. The molecule has 0 saturated heterocycles. The van der Waals surface area contributed by atoms with Gasteiger partial charge in [0.2, 0.25) is 10.0 Å². The van der Waals surface area contributed by atoms with Crippen LogP contribution in [0.4, 0.5) is 5.69 Å². The molecule has 0 heterocycles. The summed E-state index contributed by atoms with van der Waals surface area (Å²) >= 11 is 8.63. The van der Waals surface area contributed by atoms with Crippen molar-refractivity contribution >= 4 is 54.9 Å². The number of amides is 1. The molecule has 11 heteroatoms. The van der Waals surface area contributed by atoms with Crippen molar-refractivity contribution < 1.29 is 22.7 Å². The van der Waals surface area contributed by atoms with Gasteiger partial charge in [0.15, 0.2) is 5.11 Å². The maximum Gasteiger partial charge on any atom is 0.261 e. The van der Waals surface area contributed by atoms with Crippen LogP contribution < -0.4 is 15.4 Å². The normalized spacial score (nSPS) is 11.3. The molecule has 0 bridgehead atoms. The van der Waals surface area contributed by atoms with E-state index in [1.165, 1.54) is 16.4 Å². The Balaban J connectivity index is 2.07. The summed E-state index contributed by atoms with van der Waals surface area (Å²) in [7, 11) is -2.00. The van der Waals surface area contributed by atoms with E-state index in [9.17, 15) is 13.2 Å². The highest BCUT2D eigenvalue weighted by Gasteiger charge is 2.23. The first-order valence-electron chi connectivity index (χ1n) is 10.9. The topological polar surface area (TPSA) is 97.0 Å². The summed E-state index contributed by atoms with van der Waals surface area (Å²) in [6, 6.07) is 11.4. The average molecular weight is 573 g/mol. The van der Waals surface area contributed by atoms with E-state index in [-0.39, 0.29) is 10.0 Å². The molecule has 2 N–H and O–H groups in total. The van der Waals surface area contributed by atoms with E-state index in [2.05, 4.69) is 26.6 Å². The van der Waals surface area contributed by atoms with Crippen molar-refractivity contribution in [3.8, 4) is 5.75 Å². The lowest BCUT2D eigenvalue weighted by atomic mass is 10.2. The number of hydrogen-bond donors (Lipinski definition) is 2. The summed E-state index contributed by atoms with van der Waals surface area (Å²) in [5.74, 6) is -0.0426. The van der Waals surface area contributed by atoms with Crippen molar-refractivity contribution in [2.75, 3.05) is 38.7 Å². The van der Waals surface area contributed by atoms with E-state index >= 15 is 0 Å². The van der Waals surface area contributed by atoms with Crippen molar-refractivity contribution in [3.63, 3.8) is 0 Å². The van der Waals surface area contributed by atoms with Crippen LogP contribution in [0.2, 0.25) is 0 Å². The summed E-state index contributed by atoms with van der Waals surface area (Å²) in [5, 5.41) is 5.60. The van der Waals surface area contributed by atoms with Gasteiger partial charge in [-0.15, -0.1) is 0 Å². The van der Waals surface area contributed by atoms with E-state index in [1.807, 2.05) is 13.8 Å². The molecule has 0 aliphatic heterocycles. The predicted octanol–water partition coefficient (Wildman–Crippen LogP) is 4.41. The fourth-order valence-electron chi connectivity index (χ4n) is 3.08. The predicted molar refractivity (Wildman–Crippen MR) is 141 cm³/mol. The number of anilines is 1. The van der Waals surface area contributed by atoms with Crippen LogP contribution in [0.15, 0.2) is 51.8 Å². The Morgan fingerprint density at radius 3 is 2.29 bits per heavy atom. The Kier molecular flexibility index (Phi) is 11.4. The quantitative estimate of drug-likeness (QED) is 0.287. The molecular formula is C23H30BrN3O5S2. The fourth-order valence-corrected chi connectivity index (χ4v) is 5.28. The monoisotopic (exact) mass is 571 g/mol. The Hall–Kier alpha value is -2.05. The van der Waals surface area contributed by atoms with Crippen LogP contribution in [-0.2, 0) is 14.8 Å². The smallest absolute Gasteiger partial charge is 0.261 e. The lowest BCUT2D eigenvalue weighted by Gasteiger charge is -2.21. The molecule has 0 fully saturated rings. The van der Waals surface area contributed by atoms with Crippen LogP contribution in [0.5, 0.6) is 5.75 Å². The summed E-state index contributed by atoms with van der Waals surface area (Å²) in [4.78, 5) is 13.0. The van der Waals surface area contributed by atoms with Crippen molar-refractivity contribution in [2.24, 2.45) is 0 Å². The van der Waals surface area contributed by atoms with Crippen LogP contribution in [-0.4, -0.2) is 57.2 Å². The largest absolute Gasteiger partial charge is 0.490 e. The molecule has 0 saturated carbocycles. The Morgan fingerprint density at radius 2 is 1.71 bits per heavy atom. The molecule has 2 rings (SSSR count). The number of benzene rings is 2. The van der Waals surface area contributed by atoms with E-state index in [1.54, 1.807) is 37.4 Å². The van der Waals surface area contributed by atoms with Gasteiger partial charge in [0.1, 0.15) is 12.4 Å². The molecule has 186 valence electrons. The molecule has 0 aromatic heterocycles. The number of carbonyl (C=O) groups excluding carboxylic acids is 1. The number of carbonyl (C=O) groups is 1. The molecule has 0 radical (unpaired) electrons. The third-order valence-corrected chi connectivity index (χ3v) is 7.26. The minimum atomic E-state index is -3.57. The van der Waals surface area contributed by atoms with E-state index < -0.39 is 15.9 Å². The number of hydrogen-bond acceptors (Lipinski definition) is 6. The van der Waals surface area contributed by atoms with Gasteiger partial charge in [-0.25, -0.2) is 8.42 Å². The minimum absolute atomic E-state index is 0.0713. The van der Waals surface area contributed by atoms with Crippen molar-refractivity contribution in [3.05, 3.63) is 52.5 Å². The highest BCUT2D eigenvalue weighted by atomic mass is 79.9. The molecule has 0 aliphatic carbocycles. The molecule has 2 aromatic rings. The Bertz CT molecular complexity index is 1070. The number of rotatable bonds is 12. The number of methoxy groups -OCH3 is 1. The van der Waals surface area contributed by atoms with Gasteiger partial charge in [-0.2, -0.15) is 4.31 Å². The molecule has 8 nitrogen and oxygen atoms in total. The zero-order chi connectivity index (χ0) is 25.1. The van der Waals surface area contributed by atoms with Gasteiger partial charge in [-0.3, -0.25) is 10.1 Å². The number of halogens is 1. The van der Waals surface area contributed by atoms with Gasteiger partial charge in [-0.05, 0) is 67.5 Å². The molecular weight excluding hydrogens is 542 g/mol. The average Bonchev–Trinajstić information content (AvgIpc) is 2.80. The number of ether oxygens (including phenoxy) is 2. The summed E-state index contributed by atoms with van der Waals surface area (Å²) in [6.45, 7) is 5.52.